The molecule has 4 heteroatoms. The number of carbonyl (C=O) groups excluding carboxylic acids is 1. The number of nitrogens with two attached hydrogens (primary N) is 1. The second kappa shape index (κ2) is 4.85. The zero-order valence-corrected chi connectivity index (χ0v) is 11.4. The Hall–Kier alpha value is -1.55. The third kappa shape index (κ3) is 2.45. The minimum absolute atomic E-state index is 0.127. The minimum Gasteiger partial charge on any atom is -0.399 e. The normalized spacial score (nSPS) is 23.4. The number of benzene rings is 1. The maximum atomic E-state index is 12.5. The predicted molar refractivity (Wildman–Crippen MR) is 76.1 cm³/mol. The van der Waals surface area contributed by atoms with Gasteiger partial charge in [-0.1, -0.05) is 0 Å². The number of piperazine rings is 1. The van der Waals surface area contributed by atoms with Crippen LogP contribution in [0.3, 0.4) is 0 Å². The molecule has 2 heterocycles. The molecule has 2 aliphatic heterocycles. The number of rotatable bonds is 1. The van der Waals surface area contributed by atoms with Crippen LogP contribution in [0, 0.1) is 6.92 Å². The first-order valence-corrected chi connectivity index (χ1v) is 7.04. The van der Waals surface area contributed by atoms with Crippen molar-refractivity contribution in [3.05, 3.63) is 29.3 Å². The summed E-state index contributed by atoms with van der Waals surface area (Å²) in [5.41, 5.74) is 8.27. The molecular formula is C15H21N3O. The van der Waals surface area contributed by atoms with E-state index in [1.165, 1.54) is 19.4 Å². The second-order valence-electron chi connectivity index (χ2n) is 5.72. The topological polar surface area (TPSA) is 49.6 Å². The van der Waals surface area contributed by atoms with Crippen LogP contribution >= 0.6 is 0 Å². The summed E-state index contributed by atoms with van der Waals surface area (Å²) in [7, 11) is 0. The number of hydrogen-bond acceptors (Lipinski definition) is 3. The Balaban J connectivity index is 1.76. The quantitative estimate of drug-likeness (QED) is 0.778. The van der Waals surface area contributed by atoms with Gasteiger partial charge in [0.25, 0.3) is 5.91 Å². The van der Waals surface area contributed by atoms with Gasteiger partial charge in [0.05, 0.1) is 0 Å². The van der Waals surface area contributed by atoms with Crippen molar-refractivity contribution in [3.8, 4) is 0 Å². The first kappa shape index (κ1) is 12.5. The van der Waals surface area contributed by atoms with E-state index in [-0.39, 0.29) is 5.91 Å². The van der Waals surface area contributed by atoms with E-state index in [9.17, 15) is 4.79 Å². The van der Waals surface area contributed by atoms with Gasteiger partial charge in [0.2, 0.25) is 0 Å². The van der Waals surface area contributed by atoms with E-state index in [1.54, 1.807) is 6.07 Å². The third-order valence-corrected chi connectivity index (χ3v) is 4.22. The number of anilines is 1. The molecule has 2 aliphatic rings. The maximum absolute atomic E-state index is 12.5. The van der Waals surface area contributed by atoms with Gasteiger partial charge in [-0.15, -0.1) is 0 Å². The summed E-state index contributed by atoms with van der Waals surface area (Å²) < 4.78 is 0. The van der Waals surface area contributed by atoms with Gasteiger partial charge < -0.3 is 10.6 Å². The summed E-state index contributed by atoms with van der Waals surface area (Å²) in [6.45, 7) is 5.89. The number of nitrogens with zero attached hydrogens (tertiary/aromatic N) is 2. The fourth-order valence-electron chi connectivity index (χ4n) is 3.29. The molecule has 4 nitrogen and oxygen atoms in total. The number of carbonyl (C=O) groups is 1. The third-order valence-electron chi connectivity index (χ3n) is 4.22. The van der Waals surface area contributed by atoms with Gasteiger partial charge in [0, 0.05) is 36.9 Å². The first-order chi connectivity index (χ1) is 9.13. The molecule has 102 valence electrons. The van der Waals surface area contributed by atoms with E-state index in [1.807, 2.05) is 24.0 Å². The molecule has 2 fully saturated rings. The van der Waals surface area contributed by atoms with Crippen LogP contribution in [0.2, 0.25) is 0 Å². The van der Waals surface area contributed by atoms with Crippen molar-refractivity contribution in [2.45, 2.75) is 25.8 Å². The molecule has 1 amide bonds. The first-order valence-electron chi connectivity index (χ1n) is 7.04. The lowest BCUT2D eigenvalue weighted by atomic mass is 10.1. The van der Waals surface area contributed by atoms with Gasteiger partial charge in [0.1, 0.15) is 0 Å². The summed E-state index contributed by atoms with van der Waals surface area (Å²) in [6.07, 6.45) is 2.49. The van der Waals surface area contributed by atoms with Crippen molar-refractivity contribution in [1.82, 2.24) is 9.80 Å². The Morgan fingerprint density at radius 3 is 2.89 bits per heavy atom. The van der Waals surface area contributed by atoms with Crippen LogP contribution < -0.4 is 5.73 Å². The molecule has 1 aromatic carbocycles. The highest BCUT2D eigenvalue weighted by atomic mass is 16.2. The van der Waals surface area contributed by atoms with E-state index >= 15 is 0 Å². The zero-order valence-electron chi connectivity index (χ0n) is 11.4. The molecule has 0 aliphatic carbocycles. The molecule has 1 unspecified atom stereocenters. The maximum Gasteiger partial charge on any atom is 0.254 e. The van der Waals surface area contributed by atoms with Crippen LogP contribution in [-0.4, -0.2) is 47.9 Å². The molecule has 2 N–H and O–H groups in total. The molecule has 0 saturated carbocycles. The SMILES string of the molecule is Cc1cc(N)cc(C(=O)N2CCN3CCCC3C2)c1. The van der Waals surface area contributed by atoms with E-state index < -0.39 is 0 Å². The van der Waals surface area contributed by atoms with E-state index in [2.05, 4.69) is 4.90 Å². The van der Waals surface area contributed by atoms with Crippen molar-refractivity contribution in [2.75, 3.05) is 31.9 Å². The summed E-state index contributed by atoms with van der Waals surface area (Å²) in [6, 6.07) is 6.18. The number of amides is 1. The average molecular weight is 259 g/mol. The number of aryl methyl sites for hydroxylation is 1. The fraction of sp³-hybridized carbons (Fsp3) is 0.533. The number of nitrogen functional groups attached to an aromatic ring is 1. The van der Waals surface area contributed by atoms with E-state index in [0.29, 0.717) is 11.7 Å². The van der Waals surface area contributed by atoms with Crippen molar-refractivity contribution in [2.24, 2.45) is 0 Å². The lowest BCUT2D eigenvalue weighted by Crippen LogP contribution is -2.52. The Morgan fingerprint density at radius 1 is 1.26 bits per heavy atom. The predicted octanol–water partition coefficient (Wildman–Crippen LogP) is 1.50. The Labute approximate surface area is 114 Å². The molecule has 0 bridgehead atoms. The van der Waals surface area contributed by atoms with E-state index in [4.69, 9.17) is 5.73 Å². The van der Waals surface area contributed by atoms with Crippen molar-refractivity contribution in [1.29, 1.82) is 0 Å². The number of hydrogen-bond donors (Lipinski definition) is 1. The van der Waals surface area contributed by atoms with Gasteiger partial charge in [-0.2, -0.15) is 0 Å². The van der Waals surface area contributed by atoms with Crippen LogP contribution in [0.25, 0.3) is 0 Å². The van der Waals surface area contributed by atoms with Gasteiger partial charge in [-0.3, -0.25) is 9.69 Å². The largest absolute Gasteiger partial charge is 0.399 e. The molecule has 2 saturated heterocycles. The zero-order chi connectivity index (χ0) is 13.4. The Kier molecular flexibility index (Phi) is 3.19. The lowest BCUT2D eigenvalue weighted by Gasteiger charge is -2.37. The molecule has 1 atom stereocenters. The number of fused-ring (bicyclic) bond motifs is 1. The van der Waals surface area contributed by atoms with Crippen LogP contribution in [0.5, 0.6) is 0 Å². The van der Waals surface area contributed by atoms with Crippen LogP contribution in [0.1, 0.15) is 28.8 Å². The highest BCUT2D eigenvalue weighted by Gasteiger charge is 2.32. The summed E-state index contributed by atoms with van der Waals surface area (Å²) >= 11 is 0. The molecule has 0 spiro atoms. The van der Waals surface area contributed by atoms with Crippen LogP contribution in [-0.2, 0) is 0 Å². The Bertz CT molecular complexity index is 480. The molecule has 0 radical (unpaired) electrons. The molecule has 3 rings (SSSR count). The van der Waals surface area contributed by atoms with Crippen molar-refractivity contribution < 1.29 is 4.79 Å². The van der Waals surface area contributed by atoms with Gasteiger partial charge >= 0.3 is 0 Å². The molecule has 19 heavy (non-hydrogen) atoms. The van der Waals surface area contributed by atoms with Crippen molar-refractivity contribution in [3.63, 3.8) is 0 Å². The molecule has 1 aromatic rings. The standard InChI is InChI=1S/C15H21N3O/c1-11-7-12(9-13(16)8-11)15(19)18-6-5-17-4-2-3-14(17)10-18/h7-9,14H,2-6,10,16H2,1H3. The lowest BCUT2D eigenvalue weighted by molar-refractivity contribution is 0.0571. The smallest absolute Gasteiger partial charge is 0.254 e. The molecular weight excluding hydrogens is 238 g/mol. The highest BCUT2D eigenvalue weighted by Crippen LogP contribution is 2.23. The summed E-state index contributed by atoms with van der Waals surface area (Å²) in [5, 5.41) is 0. The fourth-order valence-corrected chi connectivity index (χ4v) is 3.29. The van der Waals surface area contributed by atoms with Gasteiger partial charge in [0.15, 0.2) is 0 Å². The van der Waals surface area contributed by atoms with Gasteiger partial charge in [-0.05, 0) is 50.1 Å². The monoisotopic (exact) mass is 259 g/mol. The summed E-state index contributed by atoms with van der Waals surface area (Å²) in [4.78, 5) is 17.0. The van der Waals surface area contributed by atoms with Crippen LogP contribution in [0.15, 0.2) is 18.2 Å². The van der Waals surface area contributed by atoms with Crippen molar-refractivity contribution >= 4 is 11.6 Å². The van der Waals surface area contributed by atoms with E-state index in [0.717, 1.165) is 30.8 Å². The highest BCUT2D eigenvalue weighted by molar-refractivity contribution is 5.95. The van der Waals surface area contributed by atoms with Gasteiger partial charge in [-0.25, -0.2) is 0 Å². The minimum atomic E-state index is 0.127. The molecule has 0 aromatic heterocycles. The Morgan fingerprint density at radius 2 is 2.11 bits per heavy atom. The second-order valence-corrected chi connectivity index (χ2v) is 5.72. The summed E-state index contributed by atoms with van der Waals surface area (Å²) in [5.74, 6) is 0.127. The average Bonchev–Trinajstić information content (AvgIpc) is 2.83. The van der Waals surface area contributed by atoms with Crippen LogP contribution in [0.4, 0.5) is 5.69 Å².